The van der Waals surface area contributed by atoms with Crippen LogP contribution in [-0.2, 0) is 11.4 Å². The van der Waals surface area contributed by atoms with Gasteiger partial charge < -0.3 is 10.1 Å². The lowest BCUT2D eigenvalue weighted by Gasteiger charge is -2.28. The van der Waals surface area contributed by atoms with Crippen LogP contribution in [0.15, 0.2) is 54.6 Å². The average Bonchev–Trinajstić information content (AvgIpc) is 2.61. The molecule has 124 valence electrons. The van der Waals surface area contributed by atoms with E-state index in [1.165, 1.54) is 0 Å². The molecule has 2 atom stereocenters. The highest BCUT2D eigenvalue weighted by Gasteiger charge is 2.39. The number of carbonyl (C=O) groups is 1. The highest BCUT2D eigenvalue weighted by atomic mass is 16.6. The van der Waals surface area contributed by atoms with E-state index in [2.05, 4.69) is 5.32 Å². The molecule has 1 amide bonds. The van der Waals surface area contributed by atoms with Crippen molar-refractivity contribution in [2.45, 2.75) is 31.5 Å². The minimum atomic E-state index is -0.843. The van der Waals surface area contributed by atoms with Crippen LogP contribution in [0, 0.1) is 10.1 Å². The first-order valence-corrected chi connectivity index (χ1v) is 7.83. The van der Waals surface area contributed by atoms with Gasteiger partial charge in [0.05, 0.1) is 0 Å². The summed E-state index contributed by atoms with van der Waals surface area (Å²) in [6.45, 7) is 0.363. The standard InChI is InChI=1S/C18H18N2O4/c21-17-11-10-15(20(22)23)18(19-17)14-8-4-5-9-16(14)24-12-13-6-2-1-3-7-13/h1-9,15,18H,10-12H2,(H,19,21)/t15-,18-/m0/s1. The molecule has 6 heteroatoms. The number of nitrogens with zero attached hydrogens (tertiary/aromatic N) is 1. The number of benzene rings is 2. The van der Waals surface area contributed by atoms with Crippen molar-refractivity contribution in [2.24, 2.45) is 0 Å². The van der Waals surface area contributed by atoms with Gasteiger partial charge in [-0.3, -0.25) is 14.9 Å². The van der Waals surface area contributed by atoms with Crippen LogP contribution in [0.25, 0.3) is 0 Å². The summed E-state index contributed by atoms with van der Waals surface area (Å²) in [5.74, 6) is 0.386. The van der Waals surface area contributed by atoms with Gasteiger partial charge in [-0.2, -0.15) is 0 Å². The summed E-state index contributed by atoms with van der Waals surface area (Å²) in [4.78, 5) is 22.8. The second kappa shape index (κ2) is 7.12. The van der Waals surface area contributed by atoms with Crippen molar-refractivity contribution >= 4 is 5.91 Å². The van der Waals surface area contributed by atoms with Gasteiger partial charge in [0.15, 0.2) is 0 Å². The summed E-state index contributed by atoms with van der Waals surface area (Å²) in [6, 6.07) is 15.3. The van der Waals surface area contributed by atoms with Gasteiger partial charge in [0.1, 0.15) is 18.4 Å². The second-order valence-electron chi connectivity index (χ2n) is 5.75. The number of para-hydroxylation sites is 1. The quantitative estimate of drug-likeness (QED) is 0.676. The first-order valence-electron chi connectivity index (χ1n) is 7.83. The molecule has 0 saturated carbocycles. The van der Waals surface area contributed by atoms with Crippen LogP contribution in [0.3, 0.4) is 0 Å². The average molecular weight is 326 g/mol. The van der Waals surface area contributed by atoms with Crippen LogP contribution in [-0.4, -0.2) is 16.9 Å². The van der Waals surface area contributed by atoms with Gasteiger partial charge in [-0.25, -0.2) is 0 Å². The Morgan fingerprint density at radius 1 is 1.12 bits per heavy atom. The number of carbonyl (C=O) groups excluding carboxylic acids is 1. The fraction of sp³-hybridized carbons (Fsp3) is 0.278. The molecule has 1 fully saturated rings. The summed E-state index contributed by atoms with van der Waals surface area (Å²) in [6.07, 6.45) is 0.408. The Bertz CT molecular complexity index is 733. The molecule has 0 radical (unpaired) electrons. The minimum absolute atomic E-state index is 0.170. The zero-order chi connectivity index (χ0) is 16.9. The van der Waals surface area contributed by atoms with Crippen molar-refractivity contribution in [3.05, 3.63) is 75.8 Å². The maximum absolute atomic E-state index is 11.7. The van der Waals surface area contributed by atoms with E-state index in [4.69, 9.17) is 4.74 Å². The molecular formula is C18H18N2O4. The van der Waals surface area contributed by atoms with Gasteiger partial charge in [0, 0.05) is 23.3 Å². The number of nitro groups is 1. The molecular weight excluding hydrogens is 308 g/mol. The molecule has 1 aliphatic heterocycles. The van der Waals surface area contributed by atoms with E-state index < -0.39 is 12.1 Å². The summed E-state index contributed by atoms with van der Waals surface area (Å²) >= 11 is 0. The van der Waals surface area contributed by atoms with Crippen molar-refractivity contribution in [2.75, 3.05) is 0 Å². The molecule has 1 N–H and O–H groups in total. The molecule has 1 saturated heterocycles. The Hall–Kier alpha value is -2.89. The number of rotatable bonds is 5. The topological polar surface area (TPSA) is 81.5 Å². The number of piperidine rings is 1. The summed E-state index contributed by atoms with van der Waals surface area (Å²) in [7, 11) is 0. The predicted molar refractivity (Wildman–Crippen MR) is 88.1 cm³/mol. The van der Waals surface area contributed by atoms with E-state index in [0.29, 0.717) is 17.9 Å². The monoisotopic (exact) mass is 326 g/mol. The number of ether oxygens (including phenoxy) is 1. The number of hydrogen-bond acceptors (Lipinski definition) is 4. The summed E-state index contributed by atoms with van der Waals surface area (Å²) < 4.78 is 5.87. The van der Waals surface area contributed by atoms with E-state index in [0.717, 1.165) is 5.56 Å². The van der Waals surface area contributed by atoms with Crippen LogP contribution >= 0.6 is 0 Å². The Morgan fingerprint density at radius 2 is 1.83 bits per heavy atom. The Balaban J connectivity index is 1.84. The van der Waals surface area contributed by atoms with Crippen LogP contribution < -0.4 is 10.1 Å². The third-order valence-electron chi connectivity index (χ3n) is 4.13. The molecule has 3 rings (SSSR count). The van der Waals surface area contributed by atoms with Crippen LogP contribution in [0.2, 0.25) is 0 Å². The lowest BCUT2D eigenvalue weighted by Crippen LogP contribution is -2.45. The first-order chi connectivity index (χ1) is 11.6. The molecule has 2 aromatic carbocycles. The van der Waals surface area contributed by atoms with Gasteiger partial charge in [0.2, 0.25) is 11.9 Å². The number of nitrogens with one attached hydrogen (secondary N) is 1. The van der Waals surface area contributed by atoms with E-state index >= 15 is 0 Å². The van der Waals surface area contributed by atoms with E-state index in [1.807, 2.05) is 36.4 Å². The molecule has 6 nitrogen and oxygen atoms in total. The van der Waals surface area contributed by atoms with Crippen LogP contribution in [0.1, 0.15) is 30.0 Å². The van der Waals surface area contributed by atoms with E-state index in [9.17, 15) is 14.9 Å². The fourth-order valence-electron chi connectivity index (χ4n) is 2.90. The van der Waals surface area contributed by atoms with Crippen molar-refractivity contribution < 1.29 is 14.5 Å². The number of hydrogen-bond donors (Lipinski definition) is 1. The molecule has 0 aliphatic carbocycles. The maximum atomic E-state index is 11.7. The molecule has 1 aliphatic rings. The molecule has 1 heterocycles. The Morgan fingerprint density at radius 3 is 2.58 bits per heavy atom. The van der Waals surface area contributed by atoms with Gasteiger partial charge >= 0.3 is 0 Å². The summed E-state index contributed by atoms with van der Waals surface area (Å²) in [5, 5.41) is 14.1. The third kappa shape index (κ3) is 3.53. The largest absolute Gasteiger partial charge is 0.489 e. The molecule has 0 bridgehead atoms. The highest BCUT2D eigenvalue weighted by Crippen LogP contribution is 2.32. The predicted octanol–water partition coefficient (Wildman–Crippen LogP) is 2.86. The van der Waals surface area contributed by atoms with Crippen molar-refractivity contribution in [3.63, 3.8) is 0 Å². The van der Waals surface area contributed by atoms with Crippen LogP contribution in [0.4, 0.5) is 0 Å². The number of amides is 1. The van der Waals surface area contributed by atoms with Gasteiger partial charge in [0.25, 0.3) is 0 Å². The molecule has 2 aromatic rings. The maximum Gasteiger partial charge on any atom is 0.237 e. The molecule has 24 heavy (non-hydrogen) atoms. The molecule has 0 unspecified atom stereocenters. The highest BCUT2D eigenvalue weighted by molar-refractivity contribution is 5.77. The van der Waals surface area contributed by atoms with Crippen molar-refractivity contribution in [1.29, 1.82) is 0 Å². The lowest BCUT2D eigenvalue weighted by atomic mass is 9.92. The smallest absolute Gasteiger partial charge is 0.237 e. The fourth-order valence-corrected chi connectivity index (χ4v) is 2.90. The van der Waals surface area contributed by atoms with Gasteiger partial charge in [-0.15, -0.1) is 0 Å². The zero-order valence-electron chi connectivity index (χ0n) is 13.1. The SMILES string of the molecule is O=C1CC[C@H]([N+](=O)[O-])[C@H](c2ccccc2OCc2ccccc2)N1. The van der Waals surface area contributed by atoms with Crippen molar-refractivity contribution in [1.82, 2.24) is 5.32 Å². The molecule has 0 aromatic heterocycles. The van der Waals surface area contributed by atoms with E-state index in [1.54, 1.807) is 18.2 Å². The van der Waals surface area contributed by atoms with Crippen molar-refractivity contribution in [3.8, 4) is 5.75 Å². The summed E-state index contributed by atoms with van der Waals surface area (Å²) in [5.41, 5.74) is 1.65. The third-order valence-corrected chi connectivity index (χ3v) is 4.13. The Labute approximate surface area is 139 Å². The van der Waals surface area contributed by atoms with Crippen LogP contribution in [0.5, 0.6) is 5.75 Å². The molecule has 0 spiro atoms. The van der Waals surface area contributed by atoms with Gasteiger partial charge in [-0.1, -0.05) is 48.5 Å². The second-order valence-corrected chi connectivity index (χ2v) is 5.75. The minimum Gasteiger partial charge on any atom is -0.489 e. The van der Waals surface area contributed by atoms with Gasteiger partial charge in [-0.05, 0) is 11.6 Å². The first kappa shape index (κ1) is 16.0. The van der Waals surface area contributed by atoms with E-state index in [-0.39, 0.29) is 23.7 Å². The normalized spacial score (nSPS) is 20.2. The zero-order valence-corrected chi connectivity index (χ0v) is 13.1. The Kier molecular flexibility index (Phi) is 4.74. The lowest BCUT2D eigenvalue weighted by molar-refractivity contribution is -0.529.